The summed E-state index contributed by atoms with van der Waals surface area (Å²) in [4.78, 5) is 11.8. The zero-order valence-corrected chi connectivity index (χ0v) is 13.3. The maximum absolute atomic E-state index is 13.0. The Labute approximate surface area is 129 Å². The van der Waals surface area contributed by atoms with Crippen molar-refractivity contribution in [1.82, 2.24) is 10.6 Å². The van der Waals surface area contributed by atoms with Crippen molar-refractivity contribution in [3.05, 3.63) is 0 Å². The van der Waals surface area contributed by atoms with Crippen LogP contribution in [0.3, 0.4) is 0 Å². The van der Waals surface area contributed by atoms with Crippen molar-refractivity contribution in [2.24, 2.45) is 0 Å². The molecule has 2 atom stereocenters. The number of alkyl carbamates (subject to hydrolysis) is 1. The van der Waals surface area contributed by atoms with Crippen molar-refractivity contribution in [2.45, 2.75) is 88.7 Å². The fraction of sp³-hybridized carbons (Fsp3) is 0.933. The Bertz CT molecular complexity index is 414. The molecular formula is C15H25F3N2O2. The van der Waals surface area contributed by atoms with Crippen LogP contribution < -0.4 is 10.6 Å². The number of ether oxygens (including phenoxy) is 1. The molecule has 0 aliphatic heterocycles. The van der Waals surface area contributed by atoms with Crippen molar-refractivity contribution >= 4 is 6.09 Å². The molecule has 2 aliphatic rings. The summed E-state index contributed by atoms with van der Waals surface area (Å²) in [5.41, 5.74) is -2.27. The highest BCUT2D eigenvalue weighted by Gasteiger charge is 2.63. The van der Waals surface area contributed by atoms with Crippen LogP contribution in [-0.2, 0) is 4.74 Å². The molecule has 128 valence electrons. The van der Waals surface area contributed by atoms with E-state index in [2.05, 4.69) is 10.6 Å². The van der Waals surface area contributed by atoms with Crippen LogP contribution in [-0.4, -0.2) is 35.5 Å². The average molecular weight is 322 g/mol. The summed E-state index contributed by atoms with van der Waals surface area (Å²) in [5.74, 6) is 0. The molecule has 22 heavy (non-hydrogen) atoms. The number of rotatable bonds is 3. The highest BCUT2D eigenvalue weighted by Crippen LogP contribution is 2.49. The van der Waals surface area contributed by atoms with Crippen molar-refractivity contribution in [3.8, 4) is 0 Å². The molecule has 4 nitrogen and oxygen atoms in total. The third-order valence-corrected chi connectivity index (χ3v) is 4.17. The number of hydrogen-bond donors (Lipinski definition) is 2. The van der Waals surface area contributed by atoms with Crippen LogP contribution >= 0.6 is 0 Å². The van der Waals surface area contributed by atoms with Crippen LogP contribution in [0.4, 0.5) is 18.0 Å². The Balaban J connectivity index is 1.84. The predicted molar refractivity (Wildman–Crippen MR) is 76.6 cm³/mol. The SMILES string of the molecule is CC(C)(C)OC(=O)NC1CCCC(NC2(C(F)(F)F)CC2)C1. The minimum Gasteiger partial charge on any atom is -0.444 e. The minimum atomic E-state index is -4.20. The molecule has 0 radical (unpaired) electrons. The van der Waals surface area contributed by atoms with Crippen LogP contribution in [0.15, 0.2) is 0 Å². The van der Waals surface area contributed by atoms with Gasteiger partial charge >= 0.3 is 12.3 Å². The Morgan fingerprint density at radius 3 is 2.23 bits per heavy atom. The summed E-state index contributed by atoms with van der Waals surface area (Å²) in [6, 6.07) is -0.344. The third kappa shape index (κ3) is 4.51. The van der Waals surface area contributed by atoms with Gasteiger partial charge in [-0.05, 0) is 59.3 Å². The van der Waals surface area contributed by atoms with Crippen LogP contribution in [0.2, 0.25) is 0 Å². The topological polar surface area (TPSA) is 50.4 Å². The summed E-state index contributed by atoms with van der Waals surface area (Å²) >= 11 is 0. The summed E-state index contributed by atoms with van der Waals surface area (Å²) in [6.45, 7) is 5.33. The van der Waals surface area contributed by atoms with E-state index >= 15 is 0 Å². The molecule has 2 N–H and O–H groups in total. The number of carbonyl (C=O) groups is 1. The monoisotopic (exact) mass is 322 g/mol. The van der Waals surface area contributed by atoms with E-state index in [1.165, 1.54) is 0 Å². The van der Waals surface area contributed by atoms with Gasteiger partial charge in [0.25, 0.3) is 0 Å². The zero-order chi connectivity index (χ0) is 16.6. The lowest BCUT2D eigenvalue weighted by Crippen LogP contribution is -2.53. The van der Waals surface area contributed by atoms with Crippen LogP contribution in [0.5, 0.6) is 0 Å². The van der Waals surface area contributed by atoms with Gasteiger partial charge < -0.3 is 15.4 Å². The van der Waals surface area contributed by atoms with Gasteiger partial charge in [0, 0.05) is 12.1 Å². The van der Waals surface area contributed by atoms with Crippen LogP contribution in [0.1, 0.15) is 59.3 Å². The molecule has 0 aromatic heterocycles. The van der Waals surface area contributed by atoms with E-state index in [-0.39, 0.29) is 24.9 Å². The van der Waals surface area contributed by atoms with Crippen molar-refractivity contribution in [3.63, 3.8) is 0 Å². The van der Waals surface area contributed by atoms with Gasteiger partial charge in [0.1, 0.15) is 11.1 Å². The molecule has 2 saturated carbocycles. The van der Waals surface area contributed by atoms with Gasteiger partial charge in [-0.3, -0.25) is 0 Å². The number of hydrogen-bond acceptors (Lipinski definition) is 3. The highest BCUT2D eigenvalue weighted by molar-refractivity contribution is 5.68. The number of halogens is 3. The normalized spacial score (nSPS) is 28.1. The van der Waals surface area contributed by atoms with E-state index in [1.807, 2.05) is 0 Å². The summed E-state index contributed by atoms with van der Waals surface area (Å²) in [5, 5.41) is 5.55. The van der Waals surface area contributed by atoms with Crippen molar-refractivity contribution < 1.29 is 22.7 Å². The number of nitrogens with one attached hydrogen (secondary N) is 2. The smallest absolute Gasteiger partial charge is 0.407 e. The maximum Gasteiger partial charge on any atom is 0.407 e. The van der Waals surface area contributed by atoms with Crippen molar-refractivity contribution in [2.75, 3.05) is 0 Å². The Kier molecular flexibility index (Phi) is 4.66. The van der Waals surface area contributed by atoms with Gasteiger partial charge in [0.2, 0.25) is 0 Å². The van der Waals surface area contributed by atoms with Gasteiger partial charge in [-0.25, -0.2) is 4.79 Å². The van der Waals surface area contributed by atoms with Gasteiger partial charge in [0.05, 0.1) is 0 Å². The Morgan fingerprint density at radius 1 is 1.14 bits per heavy atom. The molecule has 0 saturated heterocycles. The maximum atomic E-state index is 13.0. The van der Waals surface area contributed by atoms with Gasteiger partial charge in [-0.15, -0.1) is 0 Å². The lowest BCUT2D eigenvalue weighted by atomic mass is 9.90. The van der Waals surface area contributed by atoms with Gasteiger partial charge in [-0.2, -0.15) is 13.2 Å². The largest absolute Gasteiger partial charge is 0.444 e. The first kappa shape index (κ1) is 17.4. The first-order valence-corrected chi connectivity index (χ1v) is 7.85. The Hall–Kier alpha value is -0.980. The lowest BCUT2D eigenvalue weighted by Gasteiger charge is -2.34. The molecule has 1 amide bonds. The first-order valence-electron chi connectivity index (χ1n) is 7.85. The second-order valence-electron chi connectivity index (χ2n) is 7.43. The van der Waals surface area contributed by atoms with Crippen LogP contribution in [0, 0.1) is 0 Å². The molecule has 0 spiro atoms. The second kappa shape index (κ2) is 5.91. The molecule has 0 heterocycles. The first-order chi connectivity index (χ1) is 10.0. The van der Waals surface area contributed by atoms with Gasteiger partial charge in [-0.1, -0.05) is 0 Å². The van der Waals surface area contributed by atoms with E-state index < -0.39 is 23.4 Å². The third-order valence-electron chi connectivity index (χ3n) is 4.17. The standard InChI is InChI=1S/C15H25F3N2O2/c1-13(2,3)22-12(21)19-10-5-4-6-11(9-10)20-14(7-8-14)15(16,17)18/h10-11,20H,4-9H2,1-3H3,(H,19,21). The fourth-order valence-electron chi connectivity index (χ4n) is 2.95. The molecule has 2 unspecified atom stereocenters. The summed E-state index contributed by atoms with van der Waals surface area (Å²) < 4.78 is 44.2. The molecule has 7 heteroatoms. The lowest BCUT2D eigenvalue weighted by molar-refractivity contribution is -0.168. The summed E-state index contributed by atoms with van der Waals surface area (Å²) in [7, 11) is 0. The van der Waals surface area contributed by atoms with E-state index in [1.54, 1.807) is 20.8 Å². The fourth-order valence-corrected chi connectivity index (χ4v) is 2.95. The van der Waals surface area contributed by atoms with Crippen molar-refractivity contribution in [1.29, 1.82) is 0 Å². The minimum absolute atomic E-state index is 0.134. The second-order valence-corrected chi connectivity index (χ2v) is 7.43. The predicted octanol–water partition coefficient (Wildman–Crippen LogP) is 3.51. The molecule has 2 aliphatic carbocycles. The molecule has 2 rings (SSSR count). The van der Waals surface area contributed by atoms with E-state index in [4.69, 9.17) is 4.74 Å². The zero-order valence-electron chi connectivity index (χ0n) is 13.3. The quantitative estimate of drug-likeness (QED) is 0.836. The van der Waals surface area contributed by atoms with Crippen LogP contribution in [0.25, 0.3) is 0 Å². The molecule has 0 aromatic rings. The molecule has 2 fully saturated rings. The molecular weight excluding hydrogens is 297 g/mol. The van der Waals surface area contributed by atoms with E-state index in [9.17, 15) is 18.0 Å². The number of amides is 1. The molecule has 0 bridgehead atoms. The summed E-state index contributed by atoms with van der Waals surface area (Å²) in [6.07, 6.45) is -1.60. The average Bonchev–Trinajstić information content (AvgIpc) is 3.06. The molecule has 0 aromatic carbocycles. The van der Waals surface area contributed by atoms with E-state index in [0.717, 1.165) is 12.8 Å². The highest BCUT2D eigenvalue weighted by atomic mass is 19.4. The van der Waals surface area contributed by atoms with Gasteiger partial charge in [0.15, 0.2) is 0 Å². The number of carbonyl (C=O) groups excluding carboxylic acids is 1. The Morgan fingerprint density at radius 2 is 1.73 bits per heavy atom. The van der Waals surface area contributed by atoms with E-state index in [0.29, 0.717) is 12.8 Å². The number of alkyl halides is 3.